The van der Waals surface area contributed by atoms with Crippen LogP contribution in [0.3, 0.4) is 0 Å². The van der Waals surface area contributed by atoms with Crippen molar-refractivity contribution >= 4 is 20.2 Å². The predicted octanol–water partition coefficient (Wildman–Crippen LogP) is 5.41. The molecule has 12 nitrogen and oxygen atoms in total. The molecule has 0 fully saturated rings. The summed E-state index contributed by atoms with van der Waals surface area (Å²) in [5, 5.41) is 43.0. The number of nitrogens with zero attached hydrogens (tertiary/aromatic N) is 2. The van der Waals surface area contributed by atoms with Gasteiger partial charge in [-0.15, -0.1) is 0 Å². The first kappa shape index (κ1) is 35.7. The molecule has 0 radical (unpaired) electrons. The Morgan fingerprint density at radius 3 is 1.00 bits per heavy atom. The summed E-state index contributed by atoms with van der Waals surface area (Å²) in [4.78, 5) is 0. The molecule has 1 aliphatic carbocycles. The molecule has 14 heteroatoms. The summed E-state index contributed by atoms with van der Waals surface area (Å²) < 4.78 is 61.3. The first-order valence-electron chi connectivity index (χ1n) is 16.1. The lowest BCUT2D eigenvalue weighted by Crippen LogP contribution is -2.22. The fourth-order valence-electron chi connectivity index (χ4n) is 5.60. The molecule has 252 valence electrons. The van der Waals surface area contributed by atoms with E-state index in [2.05, 4.69) is 13.8 Å². The first-order chi connectivity index (χ1) is 20.9. The highest BCUT2D eigenvalue weighted by Gasteiger charge is 2.36. The van der Waals surface area contributed by atoms with Gasteiger partial charge in [-0.3, -0.25) is 8.57 Å². The molecule has 0 saturated carbocycles. The van der Waals surface area contributed by atoms with Crippen LogP contribution in [0.5, 0.6) is 23.5 Å². The van der Waals surface area contributed by atoms with Crippen LogP contribution in [0, 0.1) is 0 Å². The number of aromatic hydroxyl groups is 4. The monoisotopic (exact) mass is 662 g/mol. The van der Waals surface area contributed by atoms with Crippen molar-refractivity contribution in [2.24, 2.45) is 0 Å². The molecule has 2 aromatic heterocycles. The van der Waals surface area contributed by atoms with Crippen molar-refractivity contribution in [2.75, 3.05) is 11.5 Å². The fraction of sp³-hybridized carbons (Fsp3) is 0.733. The number of hydrogen-bond donors (Lipinski definition) is 4. The van der Waals surface area contributed by atoms with Crippen LogP contribution in [0.1, 0.15) is 139 Å². The van der Waals surface area contributed by atoms with Crippen LogP contribution >= 0.6 is 0 Å². The number of hydrogen-bond acceptors (Lipinski definition) is 10. The van der Waals surface area contributed by atoms with E-state index in [-0.39, 0.29) is 46.6 Å². The lowest BCUT2D eigenvalue weighted by atomic mass is 9.90. The van der Waals surface area contributed by atoms with E-state index in [4.69, 9.17) is 8.57 Å². The number of fused-ring (bicyclic) bond motifs is 2. The first-order valence-corrected chi connectivity index (χ1v) is 19.2. The number of unbranched alkanes of at least 4 members (excludes halogenated alkanes) is 14. The topological polar surface area (TPSA) is 178 Å². The molecule has 0 bridgehead atoms. The zero-order valence-electron chi connectivity index (χ0n) is 26.1. The Labute approximate surface area is 261 Å². The fourth-order valence-corrected chi connectivity index (χ4v) is 7.60. The summed E-state index contributed by atoms with van der Waals surface area (Å²) in [5.74, 6) is -3.26. The van der Waals surface area contributed by atoms with E-state index < -0.39 is 43.8 Å². The van der Waals surface area contributed by atoms with Gasteiger partial charge in [0, 0.05) is 35.1 Å². The summed E-state index contributed by atoms with van der Waals surface area (Å²) >= 11 is 0. The van der Waals surface area contributed by atoms with Gasteiger partial charge in [0.15, 0.2) is 0 Å². The minimum absolute atomic E-state index is 0.0755. The molecular formula is C30H50N2O10S2. The number of aromatic nitrogens is 2. The van der Waals surface area contributed by atoms with E-state index in [9.17, 15) is 37.3 Å². The highest BCUT2D eigenvalue weighted by Crippen LogP contribution is 2.46. The molecular weight excluding hydrogens is 612 g/mol. The van der Waals surface area contributed by atoms with Crippen molar-refractivity contribution in [3.05, 3.63) is 22.3 Å². The zero-order valence-corrected chi connectivity index (χ0v) is 27.7. The van der Waals surface area contributed by atoms with Crippen molar-refractivity contribution in [3.63, 3.8) is 0 Å². The van der Waals surface area contributed by atoms with Gasteiger partial charge < -0.3 is 20.4 Å². The molecule has 0 unspecified atom stereocenters. The third kappa shape index (κ3) is 9.63. The SMILES string of the molecule is CCCCCCCCCCS(=O)(=O)On1c(O)c2c(c1O)Cc1c(c(O)n(OS(=O)(=O)CCCCCCCCCC)c1O)C2. The largest absolute Gasteiger partial charge is 0.492 e. The van der Waals surface area contributed by atoms with Gasteiger partial charge in [0.1, 0.15) is 0 Å². The van der Waals surface area contributed by atoms with Gasteiger partial charge in [-0.05, 0) is 12.8 Å². The Morgan fingerprint density at radius 2 is 0.727 bits per heavy atom. The summed E-state index contributed by atoms with van der Waals surface area (Å²) in [6, 6.07) is 0. The smallest absolute Gasteiger partial charge is 0.327 e. The summed E-state index contributed by atoms with van der Waals surface area (Å²) in [7, 11) is -8.28. The van der Waals surface area contributed by atoms with Gasteiger partial charge in [-0.2, -0.15) is 16.8 Å². The minimum Gasteiger partial charge on any atom is -0.492 e. The van der Waals surface area contributed by atoms with Crippen LogP contribution in [0.4, 0.5) is 0 Å². The van der Waals surface area contributed by atoms with Gasteiger partial charge in [0.05, 0.1) is 11.5 Å². The van der Waals surface area contributed by atoms with Crippen LogP contribution < -0.4 is 8.57 Å². The predicted molar refractivity (Wildman–Crippen MR) is 167 cm³/mol. The van der Waals surface area contributed by atoms with Gasteiger partial charge in [-0.25, -0.2) is 0 Å². The normalized spacial score (nSPS) is 13.1. The molecule has 0 amide bonds. The summed E-state index contributed by atoms with van der Waals surface area (Å²) in [6.07, 6.45) is 14.8. The van der Waals surface area contributed by atoms with Crippen molar-refractivity contribution in [1.29, 1.82) is 0 Å². The lowest BCUT2D eigenvalue weighted by molar-refractivity contribution is 0.200. The molecule has 0 aliphatic heterocycles. The molecule has 44 heavy (non-hydrogen) atoms. The van der Waals surface area contributed by atoms with E-state index in [1.54, 1.807) is 0 Å². The average molecular weight is 663 g/mol. The van der Waals surface area contributed by atoms with Gasteiger partial charge in [0.25, 0.3) is 0 Å². The van der Waals surface area contributed by atoms with E-state index in [0.717, 1.165) is 51.4 Å². The van der Waals surface area contributed by atoms with Gasteiger partial charge >= 0.3 is 20.2 Å². The Hall–Kier alpha value is -2.74. The Kier molecular flexibility index (Phi) is 13.4. The second kappa shape index (κ2) is 16.5. The maximum atomic E-state index is 12.6. The Morgan fingerprint density at radius 1 is 0.477 bits per heavy atom. The third-order valence-corrected chi connectivity index (χ3v) is 10.5. The molecule has 4 N–H and O–H groups in total. The van der Waals surface area contributed by atoms with Crippen LogP contribution in [0.2, 0.25) is 0 Å². The van der Waals surface area contributed by atoms with E-state index >= 15 is 0 Å². The van der Waals surface area contributed by atoms with E-state index in [1.165, 1.54) is 25.7 Å². The molecule has 0 atom stereocenters. The van der Waals surface area contributed by atoms with E-state index in [1.807, 2.05) is 0 Å². The van der Waals surface area contributed by atoms with Crippen molar-refractivity contribution in [2.45, 2.75) is 129 Å². The van der Waals surface area contributed by atoms with Crippen molar-refractivity contribution < 1.29 is 45.8 Å². The van der Waals surface area contributed by atoms with Crippen LogP contribution in [-0.2, 0) is 33.1 Å². The summed E-state index contributed by atoms with van der Waals surface area (Å²) in [6.45, 7) is 4.29. The second-order valence-electron chi connectivity index (χ2n) is 11.8. The maximum Gasteiger partial charge on any atom is 0.327 e. The minimum atomic E-state index is -4.14. The van der Waals surface area contributed by atoms with Crippen molar-refractivity contribution in [3.8, 4) is 23.5 Å². The standard InChI is InChI=1S/C30H50N2O10S2/c1-3-5-7-9-11-13-15-17-19-43(37,38)41-31-27(33)23-21-25-26(22-24(23)28(31)34)30(36)32(29(25)35)42-44(39,40)20-18-16-14-12-10-8-6-4-2/h33-36H,3-22H2,1-2H3. The molecule has 1 aliphatic rings. The highest BCUT2D eigenvalue weighted by molar-refractivity contribution is 7.87. The number of rotatable bonds is 22. The molecule has 2 aromatic rings. The molecule has 2 heterocycles. The van der Waals surface area contributed by atoms with Gasteiger partial charge in [-0.1, -0.05) is 113 Å². The highest BCUT2D eigenvalue weighted by atomic mass is 32.2. The molecule has 0 spiro atoms. The molecule has 0 aromatic carbocycles. The Bertz CT molecular complexity index is 1270. The molecule has 0 saturated heterocycles. The zero-order chi connectivity index (χ0) is 32.3. The third-order valence-electron chi connectivity index (χ3n) is 8.16. The molecule has 3 rings (SSSR count). The summed E-state index contributed by atoms with van der Waals surface area (Å²) in [5.41, 5.74) is 0.302. The Balaban J connectivity index is 1.60. The van der Waals surface area contributed by atoms with Crippen LogP contribution in [-0.4, -0.2) is 58.2 Å². The van der Waals surface area contributed by atoms with E-state index in [0.29, 0.717) is 35.1 Å². The second-order valence-corrected chi connectivity index (χ2v) is 15.1. The average Bonchev–Trinajstić information content (AvgIpc) is 3.34. The maximum absolute atomic E-state index is 12.6. The quantitative estimate of drug-likeness (QED) is 0.102. The van der Waals surface area contributed by atoms with Gasteiger partial charge in [0.2, 0.25) is 23.5 Å². The van der Waals surface area contributed by atoms with Crippen LogP contribution in [0.15, 0.2) is 0 Å². The van der Waals surface area contributed by atoms with Crippen molar-refractivity contribution in [1.82, 2.24) is 9.46 Å². The van der Waals surface area contributed by atoms with Crippen LogP contribution in [0.25, 0.3) is 0 Å². The lowest BCUT2D eigenvalue weighted by Gasteiger charge is -2.11.